The van der Waals surface area contributed by atoms with E-state index in [4.69, 9.17) is 4.74 Å². The molecule has 2 atom stereocenters. The lowest BCUT2D eigenvalue weighted by molar-refractivity contribution is 0.187. The minimum absolute atomic E-state index is 0.671. The van der Waals surface area contributed by atoms with Gasteiger partial charge in [-0.2, -0.15) is 0 Å². The van der Waals surface area contributed by atoms with Crippen LogP contribution in [0.5, 0.6) is 0 Å². The summed E-state index contributed by atoms with van der Waals surface area (Å²) in [5, 5.41) is 3.37. The Morgan fingerprint density at radius 3 is 2.54 bits per heavy atom. The predicted octanol–water partition coefficient (Wildman–Crippen LogP) is 2.44. The zero-order valence-electron chi connectivity index (χ0n) is 9.60. The van der Waals surface area contributed by atoms with Crippen LogP contribution in [0, 0.1) is 5.92 Å². The predicted molar refractivity (Wildman–Crippen MR) is 58.0 cm³/mol. The highest BCUT2D eigenvalue weighted by Crippen LogP contribution is 2.12. The number of nitrogens with one attached hydrogen (secondary N) is 1. The summed E-state index contributed by atoms with van der Waals surface area (Å²) >= 11 is 0. The van der Waals surface area contributed by atoms with Crippen LogP contribution in [0.2, 0.25) is 0 Å². The molecule has 0 amide bonds. The van der Waals surface area contributed by atoms with Gasteiger partial charge in [-0.05, 0) is 32.2 Å². The number of hydrogen-bond donors (Lipinski definition) is 1. The summed E-state index contributed by atoms with van der Waals surface area (Å²) in [6.07, 6.45) is 4.96. The Kier molecular flexibility index (Phi) is 8.46. The summed E-state index contributed by atoms with van der Waals surface area (Å²) < 4.78 is 5.04. The number of hydrogen-bond acceptors (Lipinski definition) is 2. The van der Waals surface area contributed by atoms with Crippen molar-refractivity contribution in [1.82, 2.24) is 5.32 Å². The van der Waals surface area contributed by atoms with Crippen LogP contribution in [0.4, 0.5) is 0 Å². The van der Waals surface area contributed by atoms with Crippen molar-refractivity contribution in [3.63, 3.8) is 0 Å². The minimum Gasteiger partial charge on any atom is -0.385 e. The first-order chi connectivity index (χ1) is 6.24. The van der Waals surface area contributed by atoms with Crippen LogP contribution in [0.15, 0.2) is 0 Å². The maximum Gasteiger partial charge on any atom is 0.0462 e. The van der Waals surface area contributed by atoms with Crippen LogP contribution in [-0.2, 0) is 4.74 Å². The lowest BCUT2D eigenvalue weighted by atomic mass is 9.96. The van der Waals surface area contributed by atoms with Crippen LogP contribution in [-0.4, -0.2) is 26.8 Å². The van der Waals surface area contributed by atoms with E-state index in [9.17, 15) is 0 Å². The molecule has 0 fully saturated rings. The van der Waals surface area contributed by atoms with Crippen molar-refractivity contribution in [2.45, 2.75) is 45.6 Å². The summed E-state index contributed by atoms with van der Waals surface area (Å²) in [4.78, 5) is 0. The molecule has 0 aromatic carbocycles. The molecule has 0 rings (SSSR count). The lowest BCUT2D eigenvalue weighted by Gasteiger charge is -2.19. The van der Waals surface area contributed by atoms with E-state index in [-0.39, 0.29) is 0 Å². The number of methoxy groups -OCH3 is 1. The van der Waals surface area contributed by atoms with Gasteiger partial charge in [-0.3, -0.25) is 0 Å². The molecule has 1 N–H and O–H groups in total. The van der Waals surface area contributed by atoms with Gasteiger partial charge < -0.3 is 10.1 Å². The Bertz CT molecular complexity index is 106. The molecular weight excluding hydrogens is 162 g/mol. The summed E-state index contributed by atoms with van der Waals surface area (Å²) in [5.41, 5.74) is 0. The van der Waals surface area contributed by atoms with E-state index in [1.807, 2.05) is 0 Å². The molecule has 2 nitrogen and oxygen atoms in total. The van der Waals surface area contributed by atoms with E-state index in [1.54, 1.807) is 7.11 Å². The molecule has 0 saturated heterocycles. The molecule has 2 unspecified atom stereocenters. The van der Waals surface area contributed by atoms with E-state index < -0.39 is 0 Å². The van der Waals surface area contributed by atoms with Crippen LogP contribution in [0.1, 0.15) is 39.5 Å². The van der Waals surface area contributed by atoms with Gasteiger partial charge in [0, 0.05) is 19.8 Å². The van der Waals surface area contributed by atoms with Gasteiger partial charge in [0.15, 0.2) is 0 Å². The van der Waals surface area contributed by atoms with Crippen LogP contribution < -0.4 is 5.32 Å². The first kappa shape index (κ1) is 12.9. The fraction of sp³-hybridized carbons (Fsp3) is 1.00. The third-order valence-corrected chi connectivity index (χ3v) is 2.69. The highest BCUT2D eigenvalue weighted by molar-refractivity contribution is 4.67. The van der Waals surface area contributed by atoms with Crippen molar-refractivity contribution >= 4 is 0 Å². The quantitative estimate of drug-likeness (QED) is 0.589. The third-order valence-electron chi connectivity index (χ3n) is 2.69. The third kappa shape index (κ3) is 7.03. The first-order valence-corrected chi connectivity index (χ1v) is 5.40. The highest BCUT2D eigenvalue weighted by Gasteiger charge is 2.09. The molecule has 2 heteroatoms. The van der Waals surface area contributed by atoms with Crippen LogP contribution >= 0.6 is 0 Å². The van der Waals surface area contributed by atoms with Crippen LogP contribution in [0.25, 0.3) is 0 Å². The fourth-order valence-electron chi connectivity index (χ4n) is 1.51. The van der Waals surface area contributed by atoms with Crippen molar-refractivity contribution in [1.29, 1.82) is 0 Å². The Labute approximate surface area is 83.1 Å². The van der Waals surface area contributed by atoms with Crippen LogP contribution in [0.3, 0.4) is 0 Å². The largest absolute Gasteiger partial charge is 0.385 e. The van der Waals surface area contributed by atoms with Crippen molar-refractivity contribution in [2.75, 3.05) is 20.8 Å². The maximum atomic E-state index is 5.04. The van der Waals surface area contributed by atoms with E-state index in [0.717, 1.165) is 12.5 Å². The molecule has 0 heterocycles. The topological polar surface area (TPSA) is 21.3 Å². The molecular formula is C11H25NO. The molecule has 0 spiro atoms. The molecule has 0 aromatic rings. The molecule has 0 aliphatic carbocycles. The smallest absolute Gasteiger partial charge is 0.0462 e. The molecule has 0 radical (unpaired) electrons. The van der Waals surface area contributed by atoms with Crippen molar-refractivity contribution in [3.05, 3.63) is 0 Å². The molecule has 13 heavy (non-hydrogen) atoms. The molecule has 0 aliphatic rings. The van der Waals surface area contributed by atoms with Gasteiger partial charge in [0.1, 0.15) is 0 Å². The minimum atomic E-state index is 0.671. The van der Waals surface area contributed by atoms with E-state index in [0.29, 0.717) is 6.04 Å². The Hall–Kier alpha value is -0.0800. The van der Waals surface area contributed by atoms with Gasteiger partial charge >= 0.3 is 0 Å². The van der Waals surface area contributed by atoms with E-state index >= 15 is 0 Å². The highest BCUT2D eigenvalue weighted by atomic mass is 16.5. The molecule has 0 aromatic heterocycles. The second-order valence-electron chi connectivity index (χ2n) is 3.87. The normalized spacial score (nSPS) is 15.7. The summed E-state index contributed by atoms with van der Waals surface area (Å²) in [6.45, 7) is 5.46. The summed E-state index contributed by atoms with van der Waals surface area (Å²) in [7, 11) is 3.82. The SMILES string of the molecule is CCC(C)CC(CCCOC)NC. The number of rotatable bonds is 8. The molecule has 0 saturated carbocycles. The van der Waals surface area contributed by atoms with E-state index in [2.05, 4.69) is 26.2 Å². The van der Waals surface area contributed by atoms with Crippen molar-refractivity contribution < 1.29 is 4.74 Å². The van der Waals surface area contributed by atoms with Gasteiger partial charge in [0.25, 0.3) is 0 Å². The van der Waals surface area contributed by atoms with Gasteiger partial charge in [-0.25, -0.2) is 0 Å². The molecule has 80 valence electrons. The monoisotopic (exact) mass is 187 g/mol. The standard InChI is InChI=1S/C11H25NO/c1-5-10(2)9-11(12-3)7-6-8-13-4/h10-12H,5-9H2,1-4H3. The fourth-order valence-corrected chi connectivity index (χ4v) is 1.51. The zero-order valence-corrected chi connectivity index (χ0v) is 9.60. The average Bonchev–Trinajstić information content (AvgIpc) is 2.16. The number of ether oxygens (including phenoxy) is 1. The Balaban J connectivity index is 3.50. The zero-order chi connectivity index (χ0) is 10.1. The maximum absolute atomic E-state index is 5.04. The Morgan fingerprint density at radius 1 is 1.38 bits per heavy atom. The van der Waals surface area contributed by atoms with Crippen molar-refractivity contribution in [3.8, 4) is 0 Å². The second-order valence-corrected chi connectivity index (χ2v) is 3.87. The lowest BCUT2D eigenvalue weighted by Crippen LogP contribution is -2.27. The second kappa shape index (κ2) is 8.52. The Morgan fingerprint density at radius 2 is 2.08 bits per heavy atom. The summed E-state index contributed by atoms with van der Waals surface area (Å²) in [6, 6.07) is 0.671. The van der Waals surface area contributed by atoms with E-state index in [1.165, 1.54) is 25.7 Å². The van der Waals surface area contributed by atoms with Gasteiger partial charge in [-0.1, -0.05) is 20.3 Å². The van der Waals surface area contributed by atoms with Crippen molar-refractivity contribution in [2.24, 2.45) is 5.92 Å². The first-order valence-electron chi connectivity index (χ1n) is 5.40. The van der Waals surface area contributed by atoms with Gasteiger partial charge in [0.2, 0.25) is 0 Å². The van der Waals surface area contributed by atoms with Gasteiger partial charge in [-0.15, -0.1) is 0 Å². The van der Waals surface area contributed by atoms with Gasteiger partial charge in [0.05, 0.1) is 0 Å². The summed E-state index contributed by atoms with van der Waals surface area (Å²) in [5.74, 6) is 0.833. The molecule has 0 bridgehead atoms. The average molecular weight is 187 g/mol. The molecule has 0 aliphatic heterocycles.